The van der Waals surface area contributed by atoms with Gasteiger partial charge in [0.05, 0.1) is 10.6 Å². The van der Waals surface area contributed by atoms with Crippen molar-refractivity contribution in [2.24, 2.45) is 0 Å². The van der Waals surface area contributed by atoms with Gasteiger partial charge in [-0.25, -0.2) is 9.37 Å². The quantitative estimate of drug-likeness (QED) is 0.680. The second-order valence-corrected chi connectivity index (χ2v) is 7.13. The van der Waals surface area contributed by atoms with Crippen LogP contribution < -0.4 is 4.90 Å². The maximum atomic E-state index is 14.2. The Bertz CT molecular complexity index is 857. The van der Waals surface area contributed by atoms with Crippen LogP contribution in [0.2, 0.25) is 0 Å². The van der Waals surface area contributed by atoms with Gasteiger partial charge in [-0.2, -0.15) is 0 Å². The number of aromatic nitrogens is 1. The number of carbonyl (C=O) groups is 1. The molecule has 0 radical (unpaired) electrons. The van der Waals surface area contributed by atoms with Crippen LogP contribution in [0, 0.1) is 5.82 Å². The Hall–Kier alpha value is -2.05. The molecule has 1 aromatic carbocycles. The number of thiophene rings is 1. The Kier molecular flexibility index (Phi) is 3.71. The number of amides is 1. The highest BCUT2D eigenvalue weighted by atomic mass is 32.1. The number of hydrogen-bond acceptors (Lipinski definition) is 4. The molecular weight excluding hydrogens is 331 g/mol. The molecular formula is C17H13FN2OS2. The number of benzene rings is 1. The van der Waals surface area contributed by atoms with Crippen molar-refractivity contribution < 1.29 is 9.18 Å². The van der Waals surface area contributed by atoms with E-state index >= 15 is 0 Å². The summed E-state index contributed by atoms with van der Waals surface area (Å²) in [7, 11) is 0. The van der Waals surface area contributed by atoms with Crippen molar-refractivity contribution in [3.05, 3.63) is 58.2 Å². The summed E-state index contributed by atoms with van der Waals surface area (Å²) in [4.78, 5) is 19.8. The highest BCUT2D eigenvalue weighted by Gasteiger charge is 2.27. The summed E-state index contributed by atoms with van der Waals surface area (Å²) in [6.45, 7) is 0.526. The van der Waals surface area contributed by atoms with Gasteiger partial charge in [-0.05, 0) is 35.9 Å². The van der Waals surface area contributed by atoms with Gasteiger partial charge in [0.1, 0.15) is 16.5 Å². The van der Waals surface area contributed by atoms with E-state index in [1.165, 1.54) is 22.3 Å². The molecule has 1 aliphatic heterocycles. The highest BCUT2D eigenvalue weighted by Crippen LogP contribution is 2.32. The maximum absolute atomic E-state index is 14.2. The number of fused-ring (bicyclic) bond motifs is 1. The van der Waals surface area contributed by atoms with Gasteiger partial charge in [-0.3, -0.25) is 4.79 Å². The van der Waals surface area contributed by atoms with Gasteiger partial charge in [-0.1, -0.05) is 18.2 Å². The SMILES string of the molecule is O=C(c1csc(-c2cccs2)n1)N1CCCc2cccc(F)c21. The monoisotopic (exact) mass is 344 g/mol. The van der Waals surface area contributed by atoms with Gasteiger partial charge in [0.2, 0.25) is 0 Å². The van der Waals surface area contributed by atoms with Crippen molar-refractivity contribution in [3.63, 3.8) is 0 Å². The van der Waals surface area contributed by atoms with Crippen LogP contribution in [-0.2, 0) is 6.42 Å². The Morgan fingerprint density at radius 2 is 2.13 bits per heavy atom. The average Bonchev–Trinajstić information content (AvgIpc) is 3.25. The molecule has 3 heterocycles. The third-order valence-electron chi connectivity index (χ3n) is 3.87. The number of carbonyl (C=O) groups excluding carboxylic acids is 1. The number of halogens is 1. The van der Waals surface area contributed by atoms with Crippen molar-refractivity contribution in [3.8, 4) is 9.88 Å². The smallest absolute Gasteiger partial charge is 0.277 e. The summed E-state index contributed by atoms with van der Waals surface area (Å²) in [5, 5.41) is 4.56. The van der Waals surface area contributed by atoms with Crippen LogP contribution in [0.5, 0.6) is 0 Å². The number of para-hydroxylation sites is 1. The van der Waals surface area contributed by atoms with Gasteiger partial charge in [0, 0.05) is 11.9 Å². The molecule has 3 nitrogen and oxygen atoms in total. The minimum atomic E-state index is -0.343. The molecule has 0 fully saturated rings. The number of aryl methyl sites for hydroxylation is 1. The van der Waals surface area contributed by atoms with Crippen molar-refractivity contribution in [1.82, 2.24) is 4.98 Å². The van der Waals surface area contributed by atoms with Crippen LogP contribution in [0.25, 0.3) is 9.88 Å². The minimum Gasteiger partial charge on any atom is -0.304 e. The third kappa shape index (κ3) is 2.58. The second kappa shape index (κ2) is 5.86. The van der Waals surface area contributed by atoms with E-state index < -0.39 is 0 Å². The van der Waals surface area contributed by atoms with E-state index in [0.717, 1.165) is 28.3 Å². The molecule has 0 atom stereocenters. The molecule has 2 aromatic heterocycles. The summed E-state index contributed by atoms with van der Waals surface area (Å²) in [6, 6.07) is 8.92. The van der Waals surface area contributed by atoms with Crippen LogP contribution in [0.15, 0.2) is 41.1 Å². The van der Waals surface area contributed by atoms with Crippen molar-refractivity contribution in [1.29, 1.82) is 0 Å². The number of thiazole rings is 1. The predicted octanol–water partition coefficient (Wildman–Crippen LogP) is 4.60. The van der Waals surface area contributed by atoms with Gasteiger partial charge in [0.25, 0.3) is 5.91 Å². The van der Waals surface area contributed by atoms with Crippen LogP contribution >= 0.6 is 22.7 Å². The fourth-order valence-corrected chi connectivity index (χ4v) is 4.44. The van der Waals surface area contributed by atoms with E-state index in [2.05, 4.69) is 4.98 Å². The molecule has 0 spiro atoms. The lowest BCUT2D eigenvalue weighted by atomic mass is 10.0. The first-order valence-electron chi connectivity index (χ1n) is 7.33. The summed E-state index contributed by atoms with van der Waals surface area (Å²) in [5.74, 6) is -0.570. The Morgan fingerprint density at radius 1 is 1.22 bits per heavy atom. The molecule has 6 heteroatoms. The van der Waals surface area contributed by atoms with Crippen LogP contribution in [0.4, 0.5) is 10.1 Å². The summed E-state index contributed by atoms with van der Waals surface area (Å²) in [6.07, 6.45) is 1.64. The number of rotatable bonds is 2. The van der Waals surface area contributed by atoms with E-state index in [0.29, 0.717) is 17.9 Å². The zero-order valence-corrected chi connectivity index (χ0v) is 13.8. The van der Waals surface area contributed by atoms with E-state index in [4.69, 9.17) is 0 Å². The van der Waals surface area contributed by atoms with E-state index in [9.17, 15) is 9.18 Å². The van der Waals surface area contributed by atoms with Crippen molar-refractivity contribution in [2.75, 3.05) is 11.4 Å². The Morgan fingerprint density at radius 3 is 2.96 bits per heavy atom. The van der Waals surface area contributed by atoms with Gasteiger partial charge < -0.3 is 4.90 Å². The summed E-state index contributed by atoms with van der Waals surface area (Å²) >= 11 is 3.03. The van der Waals surface area contributed by atoms with Crippen LogP contribution in [0.3, 0.4) is 0 Å². The molecule has 1 amide bonds. The molecule has 116 valence electrons. The second-order valence-electron chi connectivity index (χ2n) is 5.32. The first-order valence-corrected chi connectivity index (χ1v) is 9.08. The third-order valence-corrected chi connectivity index (χ3v) is 5.75. The lowest BCUT2D eigenvalue weighted by molar-refractivity contribution is 0.0980. The standard InChI is InChI=1S/C17H13FN2OS2/c18-12-6-1-4-11-5-2-8-20(15(11)12)17(21)13-10-23-16(19-13)14-7-3-9-22-14/h1,3-4,6-7,9-10H,2,5,8H2. The van der Waals surface area contributed by atoms with Gasteiger partial charge in [0.15, 0.2) is 0 Å². The number of nitrogens with zero attached hydrogens (tertiary/aromatic N) is 2. The number of hydrogen-bond donors (Lipinski definition) is 0. The fourth-order valence-electron chi connectivity index (χ4n) is 2.83. The fraction of sp³-hybridized carbons (Fsp3) is 0.176. The molecule has 0 unspecified atom stereocenters. The first-order chi connectivity index (χ1) is 11.2. The zero-order valence-electron chi connectivity index (χ0n) is 12.2. The lowest BCUT2D eigenvalue weighted by Gasteiger charge is -2.29. The molecule has 0 saturated heterocycles. The van der Waals surface area contributed by atoms with Gasteiger partial charge in [-0.15, -0.1) is 22.7 Å². The van der Waals surface area contributed by atoms with E-state index in [1.54, 1.807) is 22.8 Å². The molecule has 0 bridgehead atoms. The highest BCUT2D eigenvalue weighted by molar-refractivity contribution is 7.20. The Balaban J connectivity index is 1.69. The molecule has 4 rings (SSSR count). The zero-order chi connectivity index (χ0) is 15.8. The minimum absolute atomic E-state index is 0.227. The predicted molar refractivity (Wildman–Crippen MR) is 91.8 cm³/mol. The molecule has 0 saturated carbocycles. The van der Waals surface area contributed by atoms with Crippen LogP contribution in [-0.4, -0.2) is 17.4 Å². The van der Waals surface area contributed by atoms with E-state index in [-0.39, 0.29) is 11.7 Å². The lowest BCUT2D eigenvalue weighted by Crippen LogP contribution is -2.36. The summed E-state index contributed by atoms with van der Waals surface area (Å²) in [5.41, 5.74) is 1.68. The maximum Gasteiger partial charge on any atom is 0.277 e. The normalized spacial score (nSPS) is 13.9. The van der Waals surface area contributed by atoms with Gasteiger partial charge >= 0.3 is 0 Å². The van der Waals surface area contributed by atoms with Crippen LogP contribution in [0.1, 0.15) is 22.5 Å². The molecule has 0 aliphatic carbocycles. The molecule has 1 aliphatic rings. The van der Waals surface area contributed by atoms with Crippen molar-refractivity contribution >= 4 is 34.3 Å². The molecule has 23 heavy (non-hydrogen) atoms. The topological polar surface area (TPSA) is 33.2 Å². The van der Waals surface area contributed by atoms with Crippen molar-refractivity contribution in [2.45, 2.75) is 12.8 Å². The molecule has 0 N–H and O–H groups in total. The molecule has 3 aromatic rings. The summed E-state index contributed by atoms with van der Waals surface area (Å²) < 4.78 is 14.2. The largest absolute Gasteiger partial charge is 0.304 e. The first kappa shape index (κ1) is 14.5. The van der Waals surface area contributed by atoms with E-state index in [1.807, 2.05) is 23.6 Å². The average molecular weight is 344 g/mol. The Labute approximate surface area is 141 Å². The number of anilines is 1.